The van der Waals surface area contributed by atoms with E-state index in [4.69, 9.17) is 4.74 Å². The molecule has 1 aromatic rings. The number of hydrogen-bond donors (Lipinski definition) is 3. The number of ether oxygens (including phenoxy) is 1. The lowest BCUT2D eigenvalue weighted by molar-refractivity contribution is -0.147. The number of amides is 4. The maximum absolute atomic E-state index is 11.9. The minimum Gasteiger partial charge on any atom is -0.454 e. The second-order valence-corrected chi connectivity index (χ2v) is 6.88. The van der Waals surface area contributed by atoms with E-state index in [-0.39, 0.29) is 6.54 Å². The fourth-order valence-electron chi connectivity index (χ4n) is 2.91. The predicted octanol–water partition coefficient (Wildman–Crippen LogP) is 1.98. The Kier molecular flexibility index (Phi) is 8.88. The van der Waals surface area contributed by atoms with Crippen molar-refractivity contribution in [2.45, 2.75) is 39.0 Å². The summed E-state index contributed by atoms with van der Waals surface area (Å²) < 4.78 is 4.76. The number of urea groups is 1. The monoisotopic (exact) mass is 401 g/mol. The second-order valence-electron chi connectivity index (χ2n) is 6.88. The average Bonchev–Trinajstić information content (AvgIpc) is 2.71. The van der Waals surface area contributed by atoms with E-state index in [9.17, 15) is 19.2 Å². The Bertz CT molecular complexity index is 788. The van der Waals surface area contributed by atoms with Gasteiger partial charge in [0.05, 0.1) is 0 Å². The lowest BCUT2D eigenvalue weighted by Gasteiger charge is -2.13. The number of allylic oxidation sites excluding steroid dienone is 1. The van der Waals surface area contributed by atoms with Gasteiger partial charge in [0.25, 0.3) is 11.8 Å². The summed E-state index contributed by atoms with van der Waals surface area (Å²) in [5.41, 5.74) is 2.67. The SMILES string of the molecule is Cc1cccc(C(=O)NCC(=O)OCC(=O)NC(=O)NCCC2=CCCCC2)c1. The molecule has 2 rings (SSSR count). The van der Waals surface area contributed by atoms with Crippen LogP contribution in [0.2, 0.25) is 0 Å². The van der Waals surface area contributed by atoms with E-state index in [1.54, 1.807) is 18.2 Å². The van der Waals surface area contributed by atoms with E-state index in [0.717, 1.165) is 24.8 Å². The first-order valence-corrected chi connectivity index (χ1v) is 9.70. The maximum atomic E-state index is 11.9. The van der Waals surface area contributed by atoms with Crippen LogP contribution < -0.4 is 16.0 Å². The van der Waals surface area contributed by atoms with Crippen LogP contribution >= 0.6 is 0 Å². The molecule has 0 bridgehead atoms. The number of imide groups is 1. The molecular weight excluding hydrogens is 374 g/mol. The zero-order valence-corrected chi connectivity index (χ0v) is 16.6. The highest BCUT2D eigenvalue weighted by Gasteiger charge is 2.13. The highest BCUT2D eigenvalue weighted by Crippen LogP contribution is 2.19. The summed E-state index contributed by atoms with van der Waals surface area (Å²) in [6.07, 6.45) is 7.48. The van der Waals surface area contributed by atoms with E-state index in [2.05, 4.69) is 22.0 Å². The van der Waals surface area contributed by atoms with Crippen molar-refractivity contribution in [2.75, 3.05) is 19.7 Å². The quantitative estimate of drug-likeness (QED) is 0.455. The van der Waals surface area contributed by atoms with Crippen LogP contribution in [0, 0.1) is 6.92 Å². The van der Waals surface area contributed by atoms with Crippen LogP contribution in [0.4, 0.5) is 4.79 Å². The molecule has 156 valence electrons. The molecule has 1 aliphatic rings. The number of nitrogens with one attached hydrogen (secondary N) is 3. The van der Waals surface area contributed by atoms with Gasteiger partial charge in [0.15, 0.2) is 6.61 Å². The highest BCUT2D eigenvalue weighted by molar-refractivity contribution is 5.97. The number of carbonyl (C=O) groups is 4. The standard InChI is InChI=1S/C21H27N3O5/c1-15-6-5-9-17(12-15)20(27)23-13-19(26)29-14-18(25)24-21(28)22-11-10-16-7-3-2-4-8-16/h5-7,9,12H,2-4,8,10-11,13-14H2,1H3,(H,23,27)(H2,22,24,25,28). The Labute approximate surface area is 170 Å². The van der Waals surface area contributed by atoms with Gasteiger partial charge in [-0.2, -0.15) is 0 Å². The number of aryl methyl sites for hydroxylation is 1. The summed E-state index contributed by atoms with van der Waals surface area (Å²) in [6, 6.07) is 6.29. The van der Waals surface area contributed by atoms with E-state index < -0.39 is 30.4 Å². The minimum atomic E-state index is -0.772. The Hall–Kier alpha value is -3.16. The minimum absolute atomic E-state index is 0.374. The largest absolute Gasteiger partial charge is 0.454 e. The molecule has 8 heteroatoms. The lowest BCUT2D eigenvalue weighted by Crippen LogP contribution is -2.42. The zero-order valence-electron chi connectivity index (χ0n) is 16.6. The second kappa shape index (κ2) is 11.6. The molecule has 0 radical (unpaired) electrons. The van der Waals surface area contributed by atoms with E-state index in [1.807, 2.05) is 13.0 Å². The lowest BCUT2D eigenvalue weighted by atomic mass is 9.97. The molecule has 0 aliphatic heterocycles. The van der Waals surface area contributed by atoms with Crippen LogP contribution in [0.5, 0.6) is 0 Å². The first kappa shape index (κ1) is 22.1. The van der Waals surface area contributed by atoms with Crippen molar-refractivity contribution < 1.29 is 23.9 Å². The molecule has 0 unspecified atom stereocenters. The van der Waals surface area contributed by atoms with E-state index in [1.165, 1.54) is 18.4 Å². The molecule has 0 atom stereocenters. The molecule has 1 aliphatic carbocycles. The number of benzene rings is 1. The molecule has 0 saturated heterocycles. The molecule has 29 heavy (non-hydrogen) atoms. The van der Waals surface area contributed by atoms with Crippen LogP contribution in [0.3, 0.4) is 0 Å². The molecule has 0 saturated carbocycles. The van der Waals surface area contributed by atoms with Gasteiger partial charge in [-0.05, 0) is 51.2 Å². The number of esters is 1. The van der Waals surface area contributed by atoms with Gasteiger partial charge in [0.1, 0.15) is 6.54 Å². The zero-order chi connectivity index (χ0) is 21.1. The van der Waals surface area contributed by atoms with Gasteiger partial charge in [0.2, 0.25) is 0 Å². The van der Waals surface area contributed by atoms with Gasteiger partial charge in [0, 0.05) is 12.1 Å². The smallest absolute Gasteiger partial charge is 0.325 e. The van der Waals surface area contributed by atoms with Gasteiger partial charge >= 0.3 is 12.0 Å². The first-order valence-electron chi connectivity index (χ1n) is 9.70. The molecule has 0 aromatic heterocycles. The summed E-state index contributed by atoms with van der Waals surface area (Å²) in [4.78, 5) is 47.0. The van der Waals surface area contributed by atoms with Gasteiger partial charge < -0.3 is 15.4 Å². The summed E-state index contributed by atoms with van der Waals surface area (Å²) in [5.74, 6) is -1.92. The molecule has 3 N–H and O–H groups in total. The van der Waals surface area contributed by atoms with Crippen molar-refractivity contribution >= 4 is 23.8 Å². The van der Waals surface area contributed by atoms with E-state index >= 15 is 0 Å². The van der Waals surface area contributed by atoms with Crippen LogP contribution in [-0.4, -0.2) is 43.5 Å². The molecule has 1 aromatic carbocycles. The normalized spacial score (nSPS) is 13.1. The van der Waals surface area contributed by atoms with Crippen LogP contribution in [0.1, 0.15) is 48.0 Å². The van der Waals surface area contributed by atoms with Crippen molar-refractivity contribution in [2.24, 2.45) is 0 Å². The summed E-state index contributed by atoms with van der Waals surface area (Å²) in [6.45, 7) is 1.32. The number of hydrogen-bond acceptors (Lipinski definition) is 5. The van der Waals surface area contributed by atoms with Crippen molar-refractivity contribution in [3.63, 3.8) is 0 Å². The van der Waals surface area contributed by atoms with Gasteiger partial charge in [-0.3, -0.25) is 19.7 Å². The Morgan fingerprint density at radius 2 is 1.93 bits per heavy atom. The Balaban J connectivity index is 1.58. The fourth-order valence-corrected chi connectivity index (χ4v) is 2.91. The Morgan fingerprint density at radius 1 is 1.10 bits per heavy atom. The summed E-state index contributed by atoms with van der Waals surface area (Å²) in [7, 11) is 0. The predicted molar refractivity (Wildman–Crippen MR) is 107 cm³/mol. The van der Waals surface area contributed by atoms with Crippen molar-refractivity contribution in [1.82, 2.24) is 16.0 Å². The number of rotatable bonds is 8. The third kappa shape index (κ3) is 8.59. The molecular formula is C21H27N3O5. The Morgan fingerprint density at radius 3 is 2.66 bits per heavy atom. The average molecular weight is 401 g/mol. The molecule has 4 amide bonds. The van der Waals surface area contributed by atoms with Gasteiger partial charge in [-0.1, -0.05) is 29.3 Å². The van der Waals surface area contributed by atoms with Crippen LogP contribution in [0.15, 0.2) is 35.9 Å². The maximum Gasteiger partial charge on any atom is 0.325 e. The third-order valence-corrected chi connectivity index (χ3v) is 4.41. The van der Waals surface area contributed by atoms with Crippen molar-refractivity contribution in [1.29, 1.82) is 0 Å². The van der Waals surface area contributed by atoms with Crippen molar-refractivity contribution in [3.8, 4) is 0 Å². The van der Waals surface area contributed by atoms with Gasteiger partial charge in [-0.15, -0.1) is 0 Å². The van der Waals surface area contributed by atoms with Gasteiger partial charge in [-0.25, -0.2) is 4.79 Å². The molecule has 8 nitrogen and oxygen atoms in total. The van der Waals surface area contributed by atoms with Crippen LogP contribution in [-0.2, 0) is 14.3 Å². The molecule has 0 spiro atoms. The molecule has 0 heterocycles. The third-order valence-electron chi connectivity index (χ3n) is 4.41. The van der Waals surface area contributed by atoms with E-state index in [0.29, 0.717) is 12.1 Å². The first-order chi connectivity index (χ1) is 13.9. The highest BCUT2D eigenvalue weighted by atomic mass is 16.5. The fraction of sp³-hybridized carbons (Fsp3) is 0.429. The van der Waals surface area contributed by atoms with Crippen molar-refractivity contribution in [3.05, 3.63) is 47.0 Å². The number of carbonyl (C=O) groups excluding carboxylic acids is 4. The summed E-state index contributed by atoms with van der Waals surface area (Å²) >= 11 is 0. The molecule has 0 fully saturated rings. The topological polar surface area (TPSA) is 114 Å². The summed E-state index contributed by atoms with van der Waals surface area (Å²) in [5, 5.41) is 7.12. The van der Waals surface area contributed by atoms with Crippen LogP contribution in [0.25, 0.3) is 0 Å².